The molecule has 1 aliphatic carbocycles. The first-order valence-corrected chi connectivity index (χ1v) is 19.8. The van der Waals surface area contributed by atoms with Gasteiger partial charge >= 0.3 is 23.9 Å². The number of carbonyl (C=O) groups excluding carboxylic acids is 4. The van der Waals surface area contributed by atoms with Gasteiger partial charge in [-0.1, -0.05) is 25.5 Å². The Bertz CT molecular complexity index is 1420. The molecule has 1 fully saturated rings. The average molecular weight is 789 g/mol. The number of isothiocyanates is 1. The molecule has 310 valence electrons. The summed E-state index contributed by atoms with van der Waals surface area (Å²) in [7, 11) is 0. The minimum Gasteiger partial charge on any atom is -0.459 e. The van der Waals surface area contributed by atoms with Crippen molar-refractivity contribution in [1.82, 2.24) is 14.7 Å². The highest BCUT2D eigenvalue weighted by molar-refractivity contribution is 7.78. The summed E-state index contributed by atoms with van der Waals surface area (Å²) < 4.78 is 22.8. The summed E-state index contributed by atoms with van der Waals surface area (Å²) in [5, 5.41) is 2.40. The van der Waals surface area contributed by atoms with Gasteiger partial charge in [-0.25, -0.2) is 0 Å². The number of thiocarbonyl (C=S) groups is 1. The zero-order valence-corrected chi connectivity index (χ0v) is 36.7. The van der Waals surface area contributed by atoms with E-state index >= 15 is 0 Å². The third-order valence-electron chi connectivity index (χ3n) is 8.60. The maximum absolute atomic E-state index is 13.4. The molecule has 0 bridgehead atoms. The molecular weight excluding hydrogens is 721 g/mol. The Labute approximate surface area is 335 Å². The van der Waals surface area contributed by atoms with Crippen molar-refractivity contribution < 1.29 is 38.1 Å². The van der Waals surface area contributed by atoms with Gasteiger partial charge in [-0.3, -0.25) is 29.0 Å². The molecule has 0 heterocycles. The lowest BCUT2D eigenvalue weighted by atomic mass is 9.68. The van der Waals surface area contributed by atoms with Gasteiger partial charge in [-0.05, 0) is 144 Å². The molecule has 1 saturated carbocycles. The first-order chi connectivity index (χ1) is 25.2. The van der Waals surface area contributed by atoms with Gasteiger partial charge in [0.05, 0.1) is 37.0 Å². The van der Waals surface area contributed by atoms with Gasteiger partial charge in [0.15, 0.2) is 0 Å². The number of rotatable bonds is 19. The van der Waals surface area contributed by atoms with E-state index in [2.05, 4.69) is 22.0 Å². The highest BCUT2D eigenvalue weighted by Gasteiger charge is 2.42. The molecular formula is C42H68N4O8S. The molecule has 1 aliphatic rings. The van der Waals surface area contributed by atoms with Crippen LogP contribution in [0.5, 0.6) is 0 Å². The number of likely N-dealkylation sites (N-methyl/N-ethyl adjacent to an activating group) is 1. The van der Waals surface area contributed by atoms with Gasteiger partial charge in [0.2, 0.25) is 0 Å². The minimum absolute atomic E-state index is 0.0458. The lowest BCUT2D eigenvalue weighted by Gasteiger charge is -2.48. The van der Waals surface area contributed by atoms with Crippen LogP contribution in [0.25, 0.3) is 0 Å². The Morgan fingerprint density at radius 1 is 0.691 bits per heavy atom. The molecule has 0 N–H and O–H groups in total. The van der Waals surface area contributed by atoms with Gasteiger partial charge < -0.3 is 23.8 Å². The first kappa shape index (κ1) is 47.9. The lowest BCUT2D eigenvalue weighted by Crippen LogP contribution is -2.55. The standard InChI is InChI=1S/C42H68N4O8S/c1-14-44(28-42(20-15-21-42)29-45(24-34(47)51-38(2,3)4)25-35(48)52-39(5,6)7)23-33(22-31-16-18-32(19-17-31)43-30-55)46(26-36(49)53-40(8,9)10)27-37(50)54-41(11,12)13/h16-19,33H,14-15,20-29H2,1-13H3. The van der Waals surface area contributed by atoms with Crippen molar-refractivity contribution in [2.45, 2.75) is 144 Å². The zero-order valence-electron chi connectivity index (χ0n) is 35.8. The third kappa shape index (κ3) is 20.0. The van der Waals surface area contributed by atoms with E-state index in [9.17, 15) is 19.2 Å². The van der Waals surface area contributed by atoms with Crippen LogP contribution < -0.4 is 0 Å². The highest BCUT2D eigenvalue weighted by Crippen LogP contribution is 2.42. The summed E-state index contributed by atoms with van der Waals surface area (Å²) in [4.78, 5) is 63.1. The summed E-state index contributed by atoms with van der Waals surface area (Å²) in [5.41, 5.74) is -1.30. The molecule has 0 spiro atoms. The van der Waals surface area contributed by atoms with E-state index < -0.39 is 46.3 Å². The van der Waals surface area contributed by atoms with Gasteiger partial charge in [-0.2, -0.15) is 4.99 Å². The number of nitrogens with zero attached hydrogens (tertiary/aromatic N) is 4. The van der Waals surface area contributed by atoms with Crippen molar-refractivity contribution in [3.05, 3.63) is 29.8 Å². The smallest absolute Gasteiger partial charge is 0.320 e. The van der Waals surface area contributed by atoms with Crippen LogP contribution in [-0.2, 0) is 44.5 Å². The van der Waals surface area contributed by atoms with Gasteiger partial charge in [0.25, 0.3) is 0 Å². The number of hydrogen-bond donors (Lipinski definition) is 0. The van der Waals surface area contributed by atoms with Crippen LogP contribution in [0.4, 0.5) is 5.69 Å². The largest absolute Gasteiger partial charge is 0.459 e. The van der Waals surface area contributed by atoms with E-state index in [1.807, 2.05) is 117 Å². The lowest BCUT2D eigenvalue weighted by molar-refractivity contribution is -0.163. The zero-order chi connectivity index (χ0) is 41.8. The summed E-state index contributed by atoms with van der Waals surface area (Å²) >= 11 is 4.79. The molecule has 13 heteroatoms. The molecule has 0 aliphatic heterocycles. The first-order valence-electron chi connectivity index (χ1n) is 19.4. The Morgan fingerprint density at radius 2 is 1.09 bits per heavy atom. The Morgan fingerprint density at radius 3 is 1.44 bits per heavy atom. The second kappa shape index (κ2) is 20.3. The molecule has 12 nitrogen and oxygen atoms in total. The van der Waals surface area contributed by atoms with E-state index in [1.54, 1.807) is 0 Å². The summed E-state index contributed by atoms with van der Waals surface area (Å²) in [6, 6.07) is 7.35. The van der Waals surface area contributed by atoms with Crippen molar-refractivity contribution in [2.75, 3.05) is 52.4 Å². The minimum atomic E-state index is -0.710. The average Bonchev–Trinajstić information content (AvgIpc) is 2.95. The molecule has 55 heavy (non-hydrogen) atoms. The van der Waals surface area contributed by atoms with Crippen molar-refractivity contribution in [2.24, 2.45) is 10.4 Å². The molecule has 1 unspecified atom stereocenters. The SMILES string of the molecule is CCN(CC(Cc1ccc(N=C=S)cc1)N(CC(=O)OC(C)(C)C)CC(=O)OC(C)(C)C)CC1(CN(CC(=O)OC(C)(C)C)CC(=O)OC(C)(C)C)CCC1. The van der Waals surface area contributed by atoms with Crippen molar-refractivity contribution in [3.63, 3.8) is 0 Å². The summed E-state index contributed by atoms with van der Waals surface area (Å²) in [6.45, 7) is 26.0. The van der Waals surface area contributed by atoms with Crippen LogP contribution in [0.2, 0.25) is 0 Å². The number of hydrogen-bond acceptors (Lipinski definition) is 13. The second-order valence-corrected chi connectivity index (χ2v) is 19.0. The van der Waals surface area contributed by atoms with Crippen molar-refractivity contribution >= 4 is 46.9 Å². The Balaban J connectivity index is 2.50. The van der Waals surface area contributed by atoms with Crippen molar-refractivity contribution in [1.29, 1.82) is 0 Å². The van der Waals surface area contributed by atoms with Crippen LogP contribution in [0.1, 0.15) is 115 Å². The van der Waals surface area contributed by atoms with Crippen LogP contribution >= 0.6 is 12.2 Å². The maximum atomic E-state index is 13.4. The van der Waals surface area contributed by atoms with Crippen LogP contribution in [0, 0.1) is 5.41 Å². The quantitative estimate of drug-likeness (QED) is 0.0634. The molecule has 0 aromatic heterocycles. The Hall–Kier alpha value is -3.22. The van der Waals surface area contributed by atoms with E-state index in [0.29, 0.717) is 38.3 Å². The summed E-state index contributed by atoms with van der Waals surface area (Å²) in [5.74, 6) is -1.68. The number of carbonyl (C=O) groups is 4. The molecule has 0 amide bonds. The van der Waals surface area contributed by atoms with Crippen LogP contribution in [0.3, 0.4) is 0 Å². The predicted molar refractivity (Wildman–Crippen MR) is 218 cm³/mol. The molecule has 0 radical (unpaired) electrons. The maximum Gasteiger partial charge on any atom is 0.320 e. The molecule has 1 aromatic rings. The number of esters is 4. The third-order valence-corrected chi connectivity index (χ3v) is 8.69. The number of ether oxygens (including phenoxy) is 4. The number of benzene rings is 1. The monoisotopic (exact) mass is 788 g/mol. The van der Waals surface area contributed by atoms with E-state index in [-0.39, 0.29) is 37.6 Å². The van der Waals surface area contributed by atoms with Crippen LogP contribution in [-0.4, -0.2) is 125 Å². The van der Waals surface area contributed by atoms with Gasteiger partial charge in [0, 0.05) is 25.7 Å². The van der Waals surface area contributed by atoms with Gasteiger partial charge in [0.1, 0.15) is 22.4 Å². The molecule has 1 atom stereocenters. The highest BCUT2D eigenvalue weighted by atomic mass is 32.1. The van der Waals surface area contributed by atoms with Crippen LogP contribution in [0.15, 0.2) is 29.3 Å². The normalized spacial score (nSPS) is 15.2. The fourth-order valence-electron chi connectivity index (χ4n) is 6.61. The van der Waals surface area contributed by atoms with Gasteiger partial charge in [-0.15, -0.1) is 0 Å². The predicted octanol–water partition coefficient (Wildman–Crippen LogP) is 6.80. The van der Waals surface area contributed by atoms with E-state index in [0.717, 1.165) is 24.8 Å². The fraction of sp³-hybridized carbons (Fsp3) is 0.738. The Kier molecular flexibility index (Phi) is 17.7. The molecule has 0 saturated heterocycles. The summed E-state index contributed by atoms with van der Waals surface area (Å²) in [6.07, 6.45) is 3.36. The second-order valence-electron chi connectivity index (χ2n) is 18.8. The molecule has 2 rings (SSSR count). The topological polar surface area (TPSA) is 127 Å². The fourth-order valence-corrected chi connectivity index (χ4v) is 6.71. The molecule has 1 aromatic carbocycles. The van der Waals surface area contributed by atoms with Crippen molar-refractivity contribution in [3.8, 4) is 0 Å². The van der Waals surface area contributed by atoms with E-state index in [1.165, 1.54) is 0 Å². The van der Waals surface area contributed by atoms with E-state index in [4.69, 9.17) is 31.2 Å². The number of aliphatic imine (C=N–C) groups is 1.